The van der Waals surface area contributed by atoms with E-state index in [0.717, 1.165) is 65.2 Å². The Bertz CT molecular complexity index is 1610. The lowest BCUT2D eigenvalue weighted by atomic mass is 10.0. The normalized spacial score (nSPS) is 11.8. The molecule has 0 amide bonds. The first kappa shape index (κ1) is 19.7. The monoisotopic (exact) mass is 478 g/mol. The maximum atomic E-state index is 6.59. The fourth-order valence-electron chi connectivity index (χ4n) is 4.31. The van der Waals surface area contributed by atoms with Crippen molar-refractivity contribution in [2.45, 2.75) is 0 Å². The predicted octanol–water partition coefficient (Wildman–Crippen LogP) is 8.03. The van der Waals surface area contributed by atoms with Crippen molar-refractivity contribution < 1.29 is 9.47 Å². The van der Waals surface area contributed by atoms with E-state index in [-0.39, 0.29) is 0 Å². The van der Waals surface area contributed by atoms with Crippen molar-refractivity contribution in [2.24, 2.45) is 0 Å². The molecule has 0 aliphatic carbocycles. The minimum absolute atomic E-state index is 0.637. The van der Waals surface area contributed by atoms with Crippen LogP contribution in [0.3, 0.4) is 0 Å². The number of methoxy groups -OCH3 is 2. The number of benzene rings is 3. The van der Waals surface area contributed by atoms with Crippen LogP contribution >= 0.6 is 34.5 Å². The third-order valence-electron chi connectivity index (χ3n) is 5.76. The van der Waals surface area contributed by atoms with E-state index < -0.39 is 0 Å². The molecule has 0 saturated heterocycles. The van der Waals surface area contributed by atoms with Gasteiger partial charge in [0.05, 0.1) is 40.8 Å². The fraction of sp³-hybridized carbons (Fsp3) is 0.0800. The van der Waals surface area contributed by atoms with Crippen molar-refractivity contribution in [3.05, 3.63) is 64.6 Å². The van der Waals surface area contributed by atoms with Gasteiger partial charge in [-0.15, -0.1) is 11.3 Å². The number of aromatic nitrogens is 2. The van der Waals surface area contributed by atoms with Crippen molar-refractivity contribution >= 4 is 67.2 Å². The number of hydrogen-bond acceptors (Lipinski definition) is 4. The lowest BCUT2D eigenvalue weighted by molar-refractivity contribution is 0.394. The molecular weight excluding hydrogens is 463 g/mol. The van der Waals surface area contributed by atoms with Crippen molar-refractivity contribution in [3.8, 4) is 32.5 Å². The zero-order chi connectivity index (χ0) is 22.0. The van der Waals surface area contributed by atoms with Gasteiger partial charge in [-0.1, -0.05) is 47.5 Å². The summed E-state index contributed by atoms with van der Waals surface area (Å²) in [5.41, 5.74) is 4.72. The summed E-state index contributed by atoms with van der Waals surface area (Å²) in [7, 11) is 3.30. The van der Waals surface area contributed by atoms with Crippen LogP contribution in [-0.4, -0.2) is 24.2 Å². The summed E-state index contributed by atoms with van der Waals surface area (Å²) in [5, 5.41) is 5.38. The number of hydrogen-bond donors (Lipinski definition) is 1. The number of nitrogens with zero attached hydrogens (tertiary/aromatic N) is 1. The minimum atomic E-state index is 0.637. The number of nitrogens with one attached hydrogen (secondary N) is 1. The second kappa shape index (κ2) is 7.27. The molecule has 0 radical (unpaired) electrons. The van der Waals surface area contributed by atoms with Gasteiger partial charge in [-0.05, 0) is 29.8 Å². The van der Waals surface area contributed by atoms with Gasteiger partial charge in [0.25, 0.3) is 0 Å². The maximum Gasteiger partial charge on any atom is 0.127 e. The van der Waals surface area contributed by atoms with E-state index in [2.05, 4.69) is 17.1 Å². The molecule has 7 heteroatoms. The van der Waals surface area contributed by atoms with Crippen molar-refractivity contribution in [3.63, 3.8) is 0 Å². The Morgan fingerprint density at radius 3 is 2.25 bits per heavy atom. The zero-order valence-corrected chi connectivity index (χ0v) is 19.5. The van der Waals surface area contributed by atoms with Crippen LogP contribution in [0.4, 0.5) is 0 Å². The van der Waals surface area contributed by atoms with Gasteiger partial charge in [-0.3, -0.25) is 0 Å². The highest BCUT2D eigenvalue weighted by Gasteiger charge is 2.24. The van der Waals surface area contributed by atoms with Gasteiger partial charge in [0, 0.05) is 32.7 Å². The van der Waals surface area contributed by atoms with E-state index in [1.807, 2.05) is 42.5 Å². The van der Waals surface area contributed by atoms with E-state index in [1.54, 1.807) is 25.6 Å². The van der Waals surface area contributed by atoms with Crippen molar-refractivity contribution in [1.82, 2.24) is 9.97 Å². The topological polar surface area (TPSA) is 47.1 Å². The Hall–Kier alpha value is -2.99. The van der Waals surface area contributed by atoms with Crippen LogP contribution < -0.4 is 9.47 Å². The molecule has 0 atom stereocenters. The van der Waals surface area contributed by atoms with Crippen LogP contribution in [0.5, 0.6) is 11.5 Å². The van der Waals surface area contributed by atoms with Crippen LogP contribution in [0.1, 0.15) is 0 Å². The van der Waals surface area contributed by atoms with Crippen LogP contribution in [0, 0.1) is 0 Å². The fourth-order valence-corrected chi connectivity index (χ4v) is 5.95. The molecule has 32 heavy (non-hydrogen) atoms. The van der Waals surface area contributed by atoms with Crippen LogP contribution in [0.15, 0.2) is 54.6 Å². The third kappa shape index (κ3) is 2.78. The summed E-state index contributed by atoms with van der Waals surface area (Å²) in [6.07, 6.45) is 0. The first-order chi connectivity index (χ1) is 15.6. The largest absolute Gasteiger partial charge is 0.497 e. The molecule has 0 fully saturated rings. The molecule has 0 unspecified atom stereocenters. The number of aromatic amines is 1. The zero-order valence-electron chi connectivity index (χ0n) is 17.1. The first-order valence-corrected chi connectivity index (χ1v) is 11.5. The molecule has 2 aliphatic rings. The second-order valence-electron chi connectivity index (χ2n) is 7.50. The van der Waals surface area contributed by atoms with Gasteiger partial charge in [0.15, 0.2) is 0 Å². The van der Waals surface area contributed by atoms with E-state index in [0.29, 0.717) is 10.0 Å². The van der Waals surface area contributed by atoms with Gasteiger partial charge in [-0.25, -0.2) is 4.98 Å². The molecule has 4 nitrogen and oxygen atoms in total. The molecule has 4 aromatic rings. The Morgan fingerprint density at radius 1 is 0.844 bits per heavy atom. The summed E-state index contributed by atoms with van der Waals surface area (Å²) < 4.78 is 11.1. The number of halogens is 2. The van der Waals surface area contributed by atoms with E-state index in [4.69, 9.17) is 37.7 Å². The molecule has 0 spiro atoms. The smallest absolute Gasteiger partial charge is 0.127 e. The van der Waals surface area contributed by atoms with Crippen molar-refractivity contribution in [2.75, 3.05) is 14.2 Å². The lowest BCUT2D eigenvalue weighted by Crippen LogP contribution is -1.89. The summed E-state index contributed by atoms with van der Waals surface area (Å²) in [5.74, 6) is 1.45. The highest BCUT2D eigenvalue weighted by molar-refractivity contribution is 7.19. The minimum Gasteiger partial charge on any atom is -0.497 e. The molecule has 1 N–H and O–H groups in total. The van der Waals surface area contributed by atoms with Gasteiger partial charge in [0.1, 0.15) is 16.5 Å². The predicted molar refractivity (Wildman–Crippen MR) is 134 cm³/mol. The van der Waals surface area contributed by atoms with Crippen LogP contribution in [0.2, 0.25) is 10.0 Å². The second-order valence-corrected chi connectivity index (χ2v) is 9.31. The summed E-state index contributed by atoms with van der Waals surface area (Å²) in [6, 6.07) is 17.7. The molecule has 158 valence electrons. The summed E-state index contributed by atoms with van der Waals surface area (Å²) in [6.45, 7) is 0. The van der Waals surface area contributed by atoms with Gasteiger partial charge in [0.2, 0.25) is 0 Å². The third-order valence-corrected chi connectivity index (χ3v) is 7.51. The van der Waals surface area contributed by atoms with E-state index in [9.17, 15) is 0 Å². The number of para-hydroxylation sites is 2. The highest BCUT2D eigenvalue weighted by Crippen LogP contribution is 2.50. The number of H-pyrrole nitrogens is 1. The van der Waals surface area contributed by atoms with E-state index in [1.165, 1.54) is 0 Å². The molecule has 2 aliphatic heterocycles. The van der Waals surface area contributed by atoms with Crippen LogP contribution in [0.25, 0.3) is 53.7 Å². The highest BCUT2D eigenvalue weighted by atomic mass is 35.5. The number of ether oxygens (including phenoxy) is 2. The number of fused-ring (bicyclic) bond motifs is 7. The molecule has 6 rings (SSSR count). The van der Waals surface area contributed by atoms with Gasteiger partial charge < -0.3 is 14.5 Å². The SMILES string of the molecule is COc1cc(OC)cc(-c2sc3nc4c(Cl)cccc4c-3c3[nH]c4c(Cl)cccc4c23)c1. The Morgan fingerprint density at radius 2 is 1.53 bits per heavy atom. The molecule has 0 bridgehead atoms. The maximum absolute atomic E-state index is 6.59. The van der Waals surface area contributed by atoms with E-state index >= 15 is 0 Å². The summed E-state index contributed by atoms with van der Waals surface area (Å²) in [4.78, 5) is 9.54. The van der Waals surface area contributed by atoms with Crippen LogP contribution in [-0.2, 0) is 0 Å². The van der Waals surface area contributed by atoms with Gasteiger partial charge in [-0.2, -0.15) is 0 Å². The molecule has 1 aromatic heterocycles. The molecule has 3 aromatic carbocycles. The van der Waals surface area contributed by atoms with Gasteiger partial charge >= 0.3 is 0 Å². The quantitative estimate of drug-likeness (QED) is 0.280. The Balaban J connectivity index is 1.84. The number of rotatable bonds is 3. The van der Waals surface area contributed by atoms with Crippen molar-refractivity contribution in [1.29, 1.82) is 0 Å². The Labute approximate surface area is 197 Å². The Kier molecular flexibility index (Phi) is 4.47. The standard InChI is InChI=1S/C25H16Cl2N2O2S/c1-30-13-9-12(10-14(11-13)31-2)24-19-15-5-3-7-17(26)21(15)28-23(19)20-16-6-4-8-18(27)22(16)29-25(20)32-24/h3-11,28H,1-2H3. The average molecular weight is 479 g/mol. The summed E-state index contributed by atoms with van der Waals surface area (Å²) >= 11 is 14.7. The average Bonchev–Trinajstić information content (AvgIpc) is 3.38. The molecular formula is C25H16Cl2N2O2S. The first-order valence-electron chi connectivity index (χ1n) is 9.93. The molecule has 3 heterocycles. The lowest BCUT2D eigenvalue weighted by Gasteiger charge is -2.11. The molecule has 0 saturated carbocycles.